The molecule has 1 heterocycles. The maximum absolute atomic E-state index is 13.4. The van der Waals surface area contributed by atoms with Crippen LogP contribution >= 0.6 is 0 Å². The summed E-state index contributed by atoms with van der Waals surface area (Å²) < 4.78 is 35.8. The molecule has 0 saturated heterocycles. The summed E-state index contributed by atoms with van der Waals surface area (Å²) in [6.07, 6.45) is 2.51. The fraction of sp³-hybridized carbons (Fsp3) is 0.154. The molecule has 4 nitrogen and oxygen atoms in total. The molecule has 0 aliphatic carbocycles. The number of hydrogen-bond acceptors (Lipinski definition) is 4. The van der Waals surface area contributed by atoms with E-state index in [0.29, 0.717) is 17.8 Å². The van der Waals surface area contributed by atoms with Gasteiger partial charge in [0.15, 0.2) is 14.9 Å². The van der Waals surface area contributed by atoms with Crippen molar-refractivity contribution in [1.82, 2.24) is 4.98 Å². The van der Waals surface area contributed by atoms with Gasteiger partial charge in [-0.3, -0.25) is 0 Å². The number of nitrogens with zero attached hydrogens (tertiary/aromatic N) is 1. The number of aromatic nitrogens is 1. The van der Waals surface area contributed by atoms with Crippen LogP contribution in [0.3, 0.4) is 0 Å². The van der Waals surface area contributed by atoms with Crippen LogP contribution in [-0.4, -0.2) is 19.7 Å². The number of pyridine rings is 1. The molecule has 2 aromatic rings. The summed E-state index contributed by atoms with van der Waals surface area (Å²) >= 11 is 0. The lowest BCUT2D eigenvalue weighted by molar-refractivity contribution is 0.598. The standard InChI is InChI=1S/C13H13FN2O2S/c1-19(17,18)13-7-6-11(9-16-13)15-8-10-4-2-3-5-12(10)14/h2-7,9,15H,8H2,1H3. The van der Waals surface area contributed by atoms with E-state index in [1.54, 1.807) is 24.3 Å². The minimum Gasteiger partial charge on any atom is -0.380 e. The summed E-state index contributed by atoms with van der Waals surface area (Å²) in [6, 6.07) is 9.47. The molecular weight excluding hydrogens is 267 g/mol. The molecule has 0 amide bonds. The van der Waals surface area contributed by atoms with E-state index in [0.717, 1.165) is 6.26 Å². The lowest BCUT2D eigenvalue weighted by Gasteiger charge is -2.07. The first-order valence-corrected chi connectivity index (χ1v) is 7.49. The van der Waals surface area contributed by atoms with E-state index < -0.39 is 9.84 Å². The largest absolute Gasteiger partial charge is 0.380 e. The molecule has 0 bridgehead atoms. The third kappa shape index (κ3) is 3.51. The van der Waals surface area contributed by atoms with Crippen molar-refractivity contribution >= 4 is 15.5 Å². The lowest BCUT2D eigenvalue weighted by Crippen LogP contribution is -2.04. The average molecular weight is 280 g/mol. The molecular formula is C13H13FN2O2S. The van der Waals surface area contributed by atoms with E-state index in [4.69, 9.17) is 0 Å². The topological polar surface area (TPSA) is 59.1 Å². The Morgan fingerprint density at radius 1 is 1.21 bits per heavy atom. The molecule has 0 radical (unpaired) electrons. The molecule has 19 heavy (non-hydrogen) atoms. The first-order chi connectivity index (χ1) is 8.97. The second kappa shape index (κ2) is 5.36. The molecule has 0 saturated carbocycles. The number of hydrogen-bond donors (Lipinski definition) is 1. The van der Waals surface area contributed by atoms with Gasteiger partial charge in [-0.25, -0.2) is 17.8 Å². The van der Waals surface area contributed by atoms with Crippen molar-refractivity contribution in [3.05, 3.63) is 54.0 Å². The quantitative estimate of drug-likeness (QED) is 0.933. The number of sulfone groups is 1. The Labute approximate surface area is 111 Å². The average Bonchev–Trinajstić information content (AvgIpc) is 2.37. The monoisotopic (exact) mass is 280 g/mol. The number of benzene rings is 1. The van der Waals surface area contributed by atoms with Crippen LogP contribution in [0.2, 0.25) is 0 Å². The lowest BCUT2D eigenvalue weighted by atomic mass is 10.2. The van der Waals surface area contributed by atoms with Crippen LogP contribution in [0.5, 0.6) is 0 Å². The Bertz CT molecular complexity index is 669. The van der Waals surface area contributed by atoms with Gasteiger partial charge in [0, 0.05) is 18.4 Å². The minimum absolute atomic E-state index is 0.0175. The fourth-order valence-corrected chi connectivity index (χ4v) is 2.10. The van der Waals surface area contributed by atoms with Crippen molar-refractivity contribution in [2.24, 2.45) is 0 Å². The Hall–Kier alpha value is -1.95. The Morgan fingerprint density at radius 2 is 1.95 bits per heavy atom. The van der Waals surface area contributed by atoms with Crippen molar-refractivity contribution in [2.75, 3.05) is 11.6 Å². The minimum atomic E-state index is -3.29. The molecule has 1 aromatic heterocycles. The fourth-order valence-electron chi connectivity index (χ4n) is 1.54. The predicted octanol–water partition coefficient (Wildman–Crippen LogP) is 2.24. The second-order valence-electron chi connectivity index (χ2n) is 4.10. The molecule has 6 heteroatoms. The molecule has 0 spiro atoms. The second-order valence-corrected chi connectivity index (χ2v) is 6.06. The maximum Gasteiger partial charge on any atom is 0.192 e. The maximum atomic E-state index is 13.4. The van der Waals surface area contributed by atoms with Crippen LogP contribution < -0.4 is 5.32 Å². The van der Waals surface area contributed by atoms with Crippen LogP contribution in [0, 0.1) is 5.82 Å². The Balaban J connectivity index is 2.07. The third-order valence-electron chi connectivity index (χ3n) is 2.56. The highest BCUT2D eigenvalue weighted by molar-refractivity contribution is 7.90. The van der Waals surface area contributed by atoms with E-state index in [2.05, 4.69) is 10.3 Å². The van der Waals surface area contributed by atoms with E-state index in [1.807, 2.05) is 0 Å². The normalized spacial score (nSPS) is 11.3. The zero-order chi connectivity index (χ0) is 13.9. The van der Waals surface area contributed by atoms with E-state index in [1.165, 1.54) is 18.3 Å². The number of halogens is 1. The highest BCUT2D eigenvalue weighted by Gasteiger charge is 2.08. The summed E-state index contributed by atoms with van der Waals surface area (Å²) in [6.45, 7) is 0.312. The molecule has 100 valence electrons. The summed E-state index contributed by atoms with van der Waals surface area (Å²) in [5.41, 5.74) is 1.17. The molecule has 0 atom stereocenters. The predicted molar refractivity (Wildman–Crippen MR) is 71.1 cm³/mol. The molecule has 0 fully saturated rings. The van der Waals surface area contributed by atoms with E-state index >= 15 is 0 Å². The number of rotatable bonds is 4. The van der Waals surface area contributed by atoms with Crippen LogP contribution in [0.25, 0.3) is 0 Å². The van der Waals surface area contributed by atoms with Gasteiger partial charge in [0.05, 0.1) is 11.9 Å². The third-order valence-corrected chi connectivity index (χ3v) is 3.56. The van der Waals surface area contributed by atoms with Gasteiger partial charge in [0.25, 0.3) is 0 Å². The summed E-state index contributed by atoms with van der Waals surface area (Å²) in [5, 5.41) is 3.00. The number of anilines is 1. The Kier molecular flexibility index (Phi) is 3.80. The van der Waals surface area contributed by atoms with Gasteiger partial charge in [0.2, 0.25) is 0 Å². The highest BCUT2D eigenvalue weighted by Crippen LogP contribution is 2.13. The summed E-state index contributed by atoms with van der Waals surface area (Å²) in [5.74, 6) is -0.282. The first-order valence-electron chi connectivity index (χ1n) is 5.60. The van der Waals surface area contributed by atoms with Crippen molar-refractivity contribution in [1.29, 1.82) is 0 Å². The van der Waals surface area contributed by atoms with Gasteiger partial charge in [-0.15, -0.1) is 0 Å². The van der Waals surface area contributed by atoms with Gasteiger partial charge in [-0.05, 0) is 18.2 Å². The summed E-state index contributed by atoms with van der Waals surface area (Å²) in [4.78, 5) is 3.84. The number of nitrogens with one attached hydrogen (secondary N) is 1. The zero-order valence-corrected chi connectivity index (χ0v) is 11.1. The van der Waals surface area contributed by atoms with Gasteiger partial charge in [0.1, 0.15) is 5.82 Å². The molecule has 1 N–H and O–H groups in total. The smallest absolute Gasteiger partial charge is 0.192 e. The molecule has 0 unspecified atom stereocenters. The highest BCUT2D eigenvalue weighted by atomic mass is 32.2. The SMILES string of the molecule is CS(=O)(=O)c1ccc(NCc2ccccc2F)cn1. The van der Waals surface area contributed by atoms with Gasteiger partial charge >= 0.3 is 0 Å². The van der Waals surface area contributed by atoms with Crippen molar-refractivity contribution in [3.63, 3.8) is 0 Å². The summed E-state index contributed by atoms with van der Waals surface area (Å²) in [7, 11) is -3.29. The van der Waals surface area contributed by atoms with Gasteiger partial charge in [-0.1, -0.05) is 18.2 Å². The zero-order valence-electron chi connectivity index (χ0n) is 10.3. The molecule has 2 rings (SSSR count). The van der Waals surface area contributed by atoms with Crippen LogP contribution in [0.1, 0.15) is 5.56 Å². The van der Waals surface area contributed by atoms with Crippen LogP contribution in [0.4, 0.5) is 10.1 Å². The molecule has 0 aliphatic heterocycles. The van der Waals surface area contributed by atoms with Crippen molar-refractivity contribution in [2.45, 2.75) is 11.6 Å². The first kappa shape index (κ1) is 13.5. The van der Waals surface area contributed by atoms with Crippen molar-refractivity contribution in [3.8, 4) is 0 Å². The van der Waals surface area contributed by atoms with E-state index in [9.17, 15) is 12.8 Å². The van der Waals surface area contributed by atoms with Crippen molar-refractivity contribution < 1.29 is 12.8 Å². The Morgan fingerprint density at radius 3 is 2.53 bits per heavy atom. The van der Waals surface area contributed by atoms with Gasteiger partial charge in [-0.2, -0.15) is 0 Å². The van der Waals surface area contributed by atoms with E-state index in [-0.39, 0.29) is 10.8 Å². The molecule has 1 aromatic carbocycles. The molecule has 0 aliphatic rings. The van der Waals surface area contributed by atoms with Crippen LogP contribution in [0.15, 0.2) is 47.6 Å². The van der Waals surface area contributed by atoms with Gasteiger partial charge < -0.3 is 5.32 Å². The van der Waals surface area contributed by atoms with Crippen LogP contribution in [-0.2, 0) is 16.4 Å².